The van der Waals surface area contributed by atoms with Crippen LogP contribution in [-0.2, 0) is 0 Å². The number of hydrogen-bond acceptors (Lipinski definition) is 3. The summed E-state index contributed by atoms with van der Waals surface area (Å²) in [7, 11) is 0. The molecule has 4 nitrogen and oxygen atoms in total. The molecule has 0 aliphatic heterocycles. The lowest BCUT2D eigenvalue weighted by Gasteiger charge is -2.06. The zero-order valence-electron chi connectivity index (χ0n) is 7.94. The Labute approximate surface area is 91.9 Å². The van der Waals surface area contributed by atoms with Crippen LogP contribution in [-0.4, -0.2) is 14.6 Å². The molecule has 0 atom stereocenters. The molecular weight excluding hydrogens is 212 g/mol. The van der Waals surface area contributed by atoms with Gasteiger partial charge in [0.05, 0.1) is 0 Å². The Balaban J connectivity index is 2.53. The third kappa shape index (κ3) is 1.85. The molecule has 1 N–H and O–H groups in total. The lowest BCUT2D eigenvalue weighted by atomic mass is 10.4. The van der Waals surface area contributed by atoms with Crippen molar-refractivity contribution in [3.63, 3.8) is 0 Å². The Bertz CT molecular complexity index is 529. The van der Waals surface area contributed by atoms with Crippen LogP contribution in [0.3, 0.4) is 0 Å². The summed E-state index contributed by atoms with van der Waals surface area (Å²) in [5.41, 5.74) is 1.50. The highest BCUT2D eigenvalue weighted by Crippen LogP contribution is 2.17. The molecule has 0 saturated carbocycles. The first kappa shape index (κ1) is 9.73. The number of allylic oxidation sites excluding steroid dienone is 1. The predicted octanol–water partition coefficient (Wildman–Crippen LogP) is 2.49. The molecule has 0 aliphatic carbocycles. The van der Waals surface area contributed by atoms with E-state index >= 15 is 0 Å². The number of nitrogens with zero attached hydrogens (tertiary/aromatic N) is 3. The summed E-state index contributed by atoms with van der Waals surface area (Å²) in [6.07, 6.45) is 3.40. The number of fused-ring (bicyclic) bond motifs is 1. The quantitative estimate of drug-likeness (QED) is 0.809. The predicted molar refractivity (Wildman–Crippen MR) is 61.0 cm³/mol. The molecule has 15 heavy (non-hydrogen) atoms. The van der Waals surface area contributed by atoms with Crippen LogP contribution in [0.2, 0.25) is 5.28 Å². The number of aromatic nitrogens is 3. The van der Waals surface area contributed by atoms with Gasteiger partial charge in [-0.2, -0.15) is 4.98 Å². The molecule has 0 radical (unpaired) electrons. The molecule has 2 rings (SSSR count). The average molecular weight is 221 g/mol. The molecule has 0 bridgehead atoms. The molecule has 76 valence electrons. The normalized spacial score (nSPS) is 10.2. The van der Waals surface area contributed by atoms with E-state index in [1.807, 2.05) is 12.1 Å². The minimum absolute atomic E-state index is 0.179. The fraction of sp³-hybridized carbons (Fsp3) is 0. The van der Waals surface area contributed by atoms with Gasteiger partial charge in [-0.3, -0.25) is 0 Å². The summed E-state index contributed by atoms with van der Waals surface area (Å²) in [4.78, 5) is 4.08. The van der Waals surface area contributed by atoms with Crippen molar-refractivity contribution < 1.29 is 0 Å². The van der Waals surface area contributed by atoms with Crippen LogP contribution in [0, 0.1) is 0 Å². The monoisotopic (exact) mass is 220 g/mol. The van der Waals surface area contributed by atoms with E-state index < -0.39 is 0 Å². The van der Waals surface area contributed by atoms with Crippen molar-refractivity contribution in [1.82, 2.24) is 14.6 Å². The summed E-state index contributed by atoms with van der Waals surface area (Å²) < 4.78 is 1.65. The van der Waals surface area contributed by atoms with E-state index in [-0.39, 0.29) is 5.28 Å². The highest BCUT2D eigenvalue weighted by atomic mass is 35.5. The van der Waals surface area contributed by atoms with Gasteiger partial charge in [0.15, 0.2) is 5.82 Å². The third-order valence-corrected chi connectivity index (χ3v) is 2.05. The van der Waals surface area contributed by atoms with Crippen LogP contribution < -0.4 is 5.32 Å². The van der Waals surface area contributed by atoms with Crippen molar-refractivity contribution in [3.05, 3.63) is 48.5 Å². The Morgan fingerprint density at radius 1 is 1.60 bits per heavy atom. The number of nitrogens with one attached hydrogen (secondary N) is 1. The number of anilines is 1. The summed E-state index contributed by atoms with van der Waals surface area (Å²) in [5, 5.41) is 7.18. The largest absolute Gasteiger partial charge is 0.339 e. The van der Waals surface area contributed by atoms with Crippen molar-refractivity contribution in [3.8, 4) is 0 Å². The minimum Gasteiger partial charge on any atom is -0.339 e. The van der Waals surface area contributed by atoms with Crippen molar-refractivity contribution >= 4 is 22.9 Å². The van der Waals surface area contributed by atoms with Crippen molar-refractivity contribution in [2.75, 3.05) is 5.32 Å². The van der Waals surface area contributed by atoms with Crippen LogP contribution in [0.1, 0.15) is 0 Å². The van der Waals surface area contributed by atoms with E-state index in [2.05, 4.69) is 28.6 Å². The number of hydrogen-bond donors (Lipinski definition) is 1. The maximum atomic E-state index is 5.77. The van der Waals surface area contributed by atoms with Crippen LogP contribution in [0.15, 0.2) is 43.3 Å². The fourth-order valence-corrected chi connectivity index (χ4v) is 1.37. The van der Waals surface area contributed by atoms with Crippen molar-refractivity contribution in [2.45, 2.75) is 0 Å². The second-order valence-corrected chi connectivity index (χ2v) is 3.26. The molecular formula is C10H9ClN4. The standard InChI is InChI=1S/C10H9ClN4/c1-3-7(2)12-9-8-5-4-6-15(8)14-10(11)13-9/h3-6H,1-2H2,(H,12,13,14). The Kier molecular flexibility index (Phi) is 2.43. The molecule has 0 unspecified atom stereocenters. The van der Waals surface area contributed by atoms with Gasteiger partial charge in [0.25, 0.3) is 0 Å². The third-order valence-electron chi connectivity index (χ3n) is 1.89. The van der Waals surface area contributed by atoms with Crippen LogP contribution in [0.4, 0.5) is 5.82 Å². The van der Waals surface area contributed by atoms with Gasteiger partial charge in [0.2, 0.25) is 5.28 Å². The first-order valence-electron chi connectivity index (χ1n) is 4.30. The van der Waals surface area contributed by atoms with Gasteiger partial charge in [-0.05, 0) is 29.8 Å². The SMILES string of the molecule is C=CC(=C)Nc1nc(Cl)nn2cccc12. The van der Waals surface area contributed by atoms with Gasteiger partial charge in [-0.15, -0.1) is 5.10 Å². The van der Waals surface area contributed by atoms with E-state index in [0.717, 1.165) is 5.52 Å². The summed E-state index contributed by atoms with van der Waals surface area (Å²) >= 11 is 5.77. The lowest BCUT2D eigenvalue weighted by molar-refractivity contribution is 0.906. The number of halogens is 1. The molecule has 2 aromatic heterocycles. The van der Waals surface area contributed by atoms with Crippen LogP contribution in [0.5, 0.6) is 0 Å². The maximum Gasteiger partial charge on any atom is 0.243 e. The van der Waals surface area contributed by atoms with Gasteiger partial charge in [0.1, 0.15) is 5.52 Å². The van der Waals surface area contributed by atoms with Crippen molar-refractivity contribution in [2.24, 2.45) is 0 Å². The van der Waals surface area contributed by atoms with Gasteiger partial charge in [-0.25, -0.2) is 4.52 Å². The molecule has 0 aromatic carbocycles. The highest BCUT2D eigenvalue weighted by Gasteiger charge is 2.05. The summed E-state index contributed by atoms with van der Waals surface area (Å²) in [6, 6.07) is 3.75. The molecule has 0 spiro atoms. The lowest BCUT2D eigenvalue weighted by Crippen LogP contribution is -2.03. The van der Waals surface area contributed by atoms with E-state index in [1.54, 1.807) is 16.8 Å². The van der Waals surface area contributed by atoms with E-state index in [0.29, 0.717) is 11.5 Å². The molecule has 0 aliphatic rings. The molecule has 2 aromatic rings. The van der Waals surface area contributed by atoms with Crippen LogP contribution in [0.25, 0.3) is 5.52 Å². The van der Waals surface area contributed by atoms with Crippen LogP contribution >= 0.6 is 11.6 Å². The molecule has 0 fully saturated rings. The minimum atomic E-state index is 0.179. The summed E-state index contributed by atoms with van der Waals surface area (Å²) in [6.45, 7) is 7.35. The van der Waals surface area contributed by atoms with Gasteiger partial charge in [0, 0.05) is 11.9 Å². The maximum absolute atomic E-state index is 5.77. The Morgan fingerprint density at radius 3 is 3.13 bits per heavy atom. The smallest absolute Gasteiger partial charge is 0.243 e. The second-order valence-electron chi connectivity index (χ2n) is 2.92. The topological polar surface area (TPSA) is 42.2 Å². The molecule has 5 heteroatoms. The fourth-order valence-electron chi connectivity index (χ4n) is 1.20. The van der Waals surface area contributed by atoms with Gasteiger partial charge < -0.3 is 5.32 Å². The zero-order valence-corrected chi connectivity index (χ0v) is 8.70. The number of rotatable bonds is 3. The van der Waals surface area contributed by atoms with E-state index in [4.69, 9.17) is 11.6 Å². The molecule has 2 heterocycles. The Hall–Kier alpha value is -1.81. The molecule has 0 saturated heterocycles. The van der Waals surface area contributed by atoms with Gasteiger partial charge in [-0.1, -0.05) is 13.2 Å². The Morgan fingerprint density at radius 2 is 2.40 bits per heavy atom. The van der Waals surface area contributed by atoms with Gasteiger partial charge >= 0.3 is 0 Å². The highest BCUT2D eigenvalue weighted by molar-refractivity contribution is 6.28. The second kappa shape index (κ2) is 3.74. The van der Waals surface area contributed by atoms with Crippen molar-refractivity contribution in [1.29, 1.82) is 0 Å². The summed E-state index contributed by atoms with van der Waals surface area (Å²) in [5.74, 6) is 0.616. The molecule has 0 amide bonds. The van der Waals surface area contributed by atoms with E-state index in [1.165, 1.54) is 0 Å². The zero-order chi connectivity index (χ0) is 10.8. The first-order chi connectivity index (χ1) is 7.20. The van der Waals surface area contributed by atoms with E-state index in [9.17, 15) is 0 Å². The average Bonchev–Trinajstić information content (AvgIpc) is 2.65. The first-order valence-corrected chi connectivity index (χ1v) is 4.68.